The fraction of sp³-hybridized carbons (Fsp3) is 0.696. The quantitative estimate of drug-likeness (QED) is 0.840. The molecule has 1 aromatic rings. The van der Waals surface area contributed by atoms with Gasteiger partial charge in [-0.3, -0.25) is 9.69 Å². The van der Waals surface area contributed by atoms with Crippen LogP contribution in [0.4, 0.5) is 0 Å². The molecule has 1 amide bonds. The summed E-state index contributed by atoms with van der Waals surface area (Å²) in [5, 5.41) is 0. The summed E-state index contributed by atoms with van der Waals surface area (Å²) in [6.45, 7) is 6.52. The molecule has 3 unspecified atom stereocenters. The van der Waals surface area contributed by atoms with Gasteiger partial charge in [0.1, 0.15) is 6.04 Å². The van der Waals surface area contributed by atoms with Crippen LogP contribution in [0, 0.1) is 17.8 Å². The Balaban J connectivity index is 1.25. The highest BCUT2D eigenvalue weighted by atomic mass is 16.2. The molecule has 5 nitrogen and oxygen atoms in total. The van der Waals surface area contributed by atoms with Crippen molar-refractivity contribution in [2.24, 2.45) is 17.8 Å². The summed E-state index contributed by atoms with van der Waals surface area (Å²) in [5.74, 6) is 2.09. The largest absolute Gasteiger partial charge is 0.339 e. The molecular formula is C23H34N4O. The number of fused-ring (bicyclic) bond motifs is 4. The molecule has 1 saturated carbocycles. The third-order valence-corrected chi connectivity index (χ3v) is 7.73. The van der Waals surface area contributed by atoms with Crippen molar-refractivity contribution >= 4 is 5.91 Å². The molecule has 0 aromatic heterocycles. The zero-order valence-corrected chi connectivity index (χ0v) is 17.0. The molecule has 5 aliphatic rings. The van der Waals surface area contributed by atoms with E-state index in [1.807, 2.05) is 6.07 Å². The number of benzene rings is 1. The molecule has 4 aliphatic heterocycles. The number of hydrogen-bond donors (Lipinski definition) is 2. The normalized spacial score (nSPS) is 36.3. The average Bonchev–Trinajstić information content (AvgIpc) is 2.86. The molecule has 5 atom stereocenters. The molecule has 2 bridgehead atoms. The highest BCUT2D eigenvalue weighted by Gasteiger charge is 2.43. The first-order valence-corrected chi connectivity index (χ1v) is 11.3. The lowest BCUT2D eigenvalue weighted by molar-refractivity contribution is -0.134. The van der Waals surface area contributed by atoms with Crippen LogP contribution < -0.4 is 10.9 Å². The number of carbonyl (C=O) groups excluding carboxylic acids is 1. The van der Waals surface area contributed by atoms with Gasteiger partial charge >= 0.3 is 0 Å². The number of hydrazine groups is 1. The molecule has 152 valence electrons. The van der Waals surface area contributed by atoms with Gasteiger partial charge in [-0.25, -0.2) is 10.9 Å². The lowest BCUT2D eigenvalue weighted by atomic mass is 9.83. The van der Waals surface area contributed by atoms with E-state index in [9.17, 15) is 4.79 Å². The fourth-order valence-corrected chi connectivity index (χ4v) is 5.76. The van der Waals surface area contributed by atoms with Crippen molar-refractivity contribution in [3.63, 3.8) is 0 Å². The molecule has 5 heteroatoms. The van der Waals surface area contributed by atoms with Gasteiger partial charge < -0.3 is 4.90 Å². The SMILES string of the molecule is CC1C(C(=O)N2C[C@H]3CC[C@@H](C2)N(CC2CCC2)C3)NNC1c1ccccc1. The maximum atomic E-state index is 13.5. The van der Waals surface area contributed by atoms with E-state index in [0.29, 0.717) is 17.9 Å². The van der Waals surface area contributed by atoms with E-state index in [1.54, 1.807) is 0 Å². The third-order valence-electron chi connectivity index (χ3n) is 7.73. The van der Waals surface area contributed by atoms with E-state index >= 15 is 0 Å². The molecule has 1 aromatic carbocycles. The first-order chi connectivity index (χ1) is 13.7. The second kappa shape index (κ2) is 7.77. The summed E-state index contributed by atoms with van der Waals surface area (Å²) < 4.78 is 0. The van der Waals surface area contributed by atoms with Crippen molar-refractivity contribution in [3.8, 4) is 0 Å². The molecule has 0 radical (unpaired) electrons. The number of piperidine rings is 1. The highest BCUT2D eigenvalue weighted by molar-refractivity contribution is 5.82. The van der Waals surface area contributed by atoms with Gasteiger partial charge in [0.05, 0.1) is 6.04 Å². The van der Waals surface area contributed by atoms with Gasteiger partial charge in [0.2, 0.25) is 5.91 Å². The predicted octanol–water partition coefficient (Wildman–Crippen LogP) is 2.56. The maximum Gasteiger partial charge on any atom is 0.241 e. The minimum absolute atomic E-state index is 0.136. The van der Waals surface area contributed by atoms with Gasteiger partial charge in [-0.05, 0) is 43.1 Å². The van der Waals surface area contributed by atoms with Crippen LogP contribution in [-0.2, 0) is 4.79 Å². The van der Waals surface area contributed by atoms with Crippen LogP contribution in [0.1, 0.15) is 50.6 Å². The zero-order chi connectivity index (χ0) is 19.1. The molecule has 4 saturated heterocycles. The number of amides is 1. The van der Waals surface area contributed by atoms with E-state index in [2.05, 4.69) is 51.8 Å². The molecule has 0 spiro atoms. The zero-order valence-electron chi connectivity index (χ0n) is 17.0. The van der Waals surface area contributed by atoms with Crippen LogP contribution in [0.5, 0.6) is 0 Å². The van der Waals surface area contributed by atoms with E-state index in [0.717, 1.165) is 19.0 Å². The molecule has 1 aliphatic carbocycles. The topological polar surface area (TPSA) is 47.6 Å². The molecular weight excluding hydrogens is 348 g/mol. The molecule has 5 fully saturated rings. The van der Waals surface area contributed by atoms with E-state index in [4.69, 9.17) is 0 Å². The second-order valence-electron chi connectivity index (χ2n) is 9.61. The lowest BCUT2D eigenvalue weighted by Crippen LogP contribution is -2.50. The third kappa shape index (κ3) is 3.49. The van der Waals surface area contributed by atoms with E-state index < -0.39 is 0 Å². The minimum Gasteiger partial charge on any atom is -0.339 e. The first-order valence-electron chi connectivity index (χ1n) is 11.3. The minimum atomic E-state index is -0.136. The Kier molecular flexibility index (Phi) is 5.16. The van der Waals surface area contributed by atoms with Gasteiger partial charge in [-0.1, -0.05) is 43.7 Å². The Bertz CT molecular complexity index is 691. The fourth-order valence-electron chi connectivity index (χ4n) is 5.76. The summed E-state index contributed by atoms with van der Waals surface area (Å²) in [5.41, 5.74) is 7.97. The van der Waals surface area contributed by atoms with E-state index in [1.165, 1.54) is 50.8 Å². The lowest BCUT2D eigenvalue weighted by Gasteiger charge is -2.40. The van der Waals surface area contributed by atoms with Gasteiger partial charge in [-0.15, -0.1) is 0 Å². The van der Waals surface area contributed by atoms with E-state index in [-0.39, 0.29) is 18.0 Å². The Morgan fingerprint density at radius 2 is 1.86 bits per heavy atom. The maximum absolute atomic E-state index is 13.5. The summed E-state index contributed by atoms with van der Waals surface area (Å²) in [7, 11) is 0. The standard InChI is InChI=1S/C23H34N4O/c1-16-21(19-8-3-2-4-9-19)24-25-22(16)23(28)27-14-18-10-11-20(15-27)26(13-18)12-17-6-5-7-17/h2-4,8-9,16-18,20-22,24-25H,5-7,10-15H2,1H3/t16?,18-,20-,21?,22?/m0/s1. The van der Waals surface area contributed by atoms with Crippen LogP contribution in [0.3, 0.4) is 0 Å². The van der Waals surface area contributed by atoms with Crippen molar-refractivity contribution in [3.05, 3.63) is 35.9 Å². The molecule has 2 N–H and O–H groups in total. The van der Waals surface area contributed by atoms with Crippen LogP contribution in [-0.4, -0.2) is 54.0 Å². The number of carbonyl (C=O) groups is 1. The first kappa shape index (κ1) is 18.6. The summed E-state index contributed by atoms with van der Waals surface area (Å²) in [4.78, 5) is 18.4. The van der Waals surface area contributed by atoms with Crippen molar-refractivity contribution in [2.75, 3.05) is 26.2 Å². The highest BCUT2D eigenvalue weighted by Crippen LogP contribution is 2.34. The average molecular weight is 383 g/mol. The monoisotopic (exact) mass is 382 g/mol. The summed E-state index contributed by atoms with van der Waals surface area (Å²) >= 11 is 0. The Morgan fingerprint density at radius 1 is 1.04 bits per heavy atom. The van der Waals surface area contributed by atoms with Gasteiger partial charge in [-0.2, -0.15) is 0 Å². The Labute approximate surface area is 168 Å². The van der Waals surface area contributed by atoms with Crippen molar-refractivity contribution < 1.29 is 4.79 Å². The number of nitrogens with zero attached hydrogens (tertiary/aromatic N) is 2. The van der Waals surface area contributed by atoms with Gasteiger partial charge in [0.15, 0.2) is 0 Å². The van der Waals surface area contributed by atoms with Gasteiger partial charge in [0.25, 0.3) is 0 Å². The number of nitrogens with one attached hydrogen (secondary N) is 2. The van der Waals surface area contributed by atoms with Crippen LogP contribution >= 0.6 is 0 Å². The van der Waals surface area contributed by atoms with Crippen molar-refractivity contribution in [1.29, 1.82) is 0 Å². The predicted molar refractivity (Wildman–Crippen MR) is 110 cm³/mol. The molecule has 6 rings (SSSR count). The van der Waals surface area contributed by atoms with Crippen LogP contribution in [0.25, 0.3) is 0 Å². The van der Waals surface area contributed by atoms with Gasteiger partial charge in [0, 0.05) is 38.1 Å². The summed E-state index contributed by atoms with van der Waals surface area (Å²) in [6, 6.07) is 11.1. The van der Waals surface area contributed by atoms with Crippen molar-refractivity contribution in [2.45, 2.75) is 57.2 Å². The smallest absolute Gasteiger partial charge is 0.241 e. The van der Waals surface area contributed by atoms with Crippen molar-refractivity contribution in [1.82, 2.24) is 20.7 Å². The Morgan fingerprint density at radius 3 is 2.61 bits per heavy atom. The van der Waals surface area contributed by atoms with Crippen LogP contribution in [0.2, 0.25) is 0 Å². The summed E-state index contributed by atoms with van der Waals surface area (Å²) in [6.07, 6.45) is 6.78. The second-order valence-corrected chi connectivity index (χ2v) is 9.61. The van der Waals surface area contributed by atoms with Crippen LogP contribution in [0.15, 0.2) is 30.3 Å². The Hall–Kier alpha value is -1.43. The molecule has 4 heterocycles. The number of hydrogen-bond acceptors (Lipinski definition) is 4. The number of rotatable bonds is 4. The molecule has 28 heavy (non-hydrogen) atoms.